The van der Waals surface area contributed by atoms with Gasteiger partial charge in [-0.05, 0) is 18.1 Å². The molecule has 3 amide bonds. The first kappa shape index (κ1) is 15.0. The monoisotopic (exact) mass is 290 g/mol. The fourth-order valence-electron chi connectivity index (χ4n) is 2.24. The van der Waals surface area contributed by atoms with Crippen molar-refractivity contribution in [2.24, 2.45) is 0 Å². The molecule has 1 aliphatic rings. The molecule has 0 spiro atoms. The van der Waals surface area contributed by atoms with E-state index in [1.807, 2.05) is 24.3 Å². The first-order chi connectivity index (χ1) is 10.1. The minimum absolute atomic E-state index is 0.191. The number of imide groups is 1. The molecule has 1 aliphatic heterocycles. The summed E-state index contributed by atoms with van der Waals surface area (Å²) in [7, 11) is 1.60. The zero-order chi connectivity index (χ0) is 15.2. The fraction of sp³-hybridized carbons (Fsp3) is 0.400. The summed E-state index contributed by atoms with van der Waals surface area (Å²) in [6.45, 7) is 0.235. The van der Waals surface area contributed by atoms with Gasteiger partial charge >= 0.3 is 0 Å². The van der Waals surface area contributed by atoms with Gasteiger partial charge in [0.05, 0.1) is 7.11 Å². The predicted molar refractivity (Wildman–Crippen MR) is 75.7 cm³/mol. The Labute approximate surface area is 123 Å². The van der Waals surface area contributed by atoms with Crippen LogP contribution in [0.25, 0.3) is 0 Å². The lowest BCUT2D eigenvalue weighted by atomic mass is 10.1. The second-order valence-corrected chi connectivity index (χ2v) is 4.79. The average molecular weight is 290 g/mol. The number of hydrogen-bond donors (Lipinski definition) is 1. The van der Waals surface area contributed by atoms with E-state index in [2.05, 4.69) is 5.32 Å². The maximum Gasteiger partial charge on any atom is 0.240 e. The first-order valence-electron chi connectivity index (χ1n) is 6.83. The number of rotatable bonds is 6. The Morgan fingerprint density at radius 1 is 1.24 bits per heavy atom. The Bertz CT molecular complexity index is 540. The number of para-hydroxylation sites is 1. The van der Waals surface area contributed by atoms with Gasteiger partial charge in [0.25, 0.3) is 0 Å². The molecule has 0 aliphatic carbocycles. The lowest BCUT2D eigenvalue weighted by Gasteiger charge is -2.14. The lowest BCUT2D eigenvalue weighted by molar-refractivity contribution is -0.142. The van der Waals surface area contributed by atoms with Crippen molar-refractivity contribution in [1.29, 1.82) is 0 Å². The third-order valence-electron chi connectivity index (χ3n) is 3.37. The van der Waals surface area contributed by atoms with E-state index in [9.17, 15) is 14.4 Å². The van der Waals surface area contributed by atoms with Gasteiger partial charge in [0.15, 0.2) is 0 Å². The van der Waals surface area contributed by atoms with Crippen LogP contribution in [0.4, 0.5) is 0 Å². The highest BCUT2D eigenvalue weighted by Crippen LogP contribution is 2.17. The van der Waals surface area contributed by atoms with Gasteiger partial charge in [-0.1, -0.05) is 18.2 Å². The van der Waals surface area contributed by atoms with Crippen molar-refractivity contribution in [2.45, 2.75) is 19.3 Å². The molecular weight excluding hydrogens is 272 g/mol. The van der Waals surface area contributed by atoms with E-state index in [0.717, 1.165) is 16.2 Å². The van der Waals surface area contributed by atoms with Crippen LogP contribution in [0, 0.1) is 0 Å². The van der Waals surface area contributed by atoms with Gasteiger partial charge in [-0.25, -0.2) is 0 Å². The molecule has 1 fully saturated rings. The third-order valence-corrected chi connectivity index (χ3v) is 3.37. The third kappa shape index (κ3) is 3.81. The molecule has 1 aromatic rings. The molecule has 2 rings (SSSR count). The SMILES string of the molecule is COc1ccccc1CCNC(=O)CN1C(=O)CCC1=O. The number of likely N-dealkylation sites (tertiary alicyclic amines) is 1. The van der Waals surface area contributed by atoms with E-state index in [1.165, 1.54) is 0 Å². The highest BCUT2D eigenvalue weighted by molar-refractivity contribution is 6.04. The van der Waals surface area contributed by atoms with Crippen LogP contribution >= 0.6 is 0 Å². The van der Waals surface area contributed by atoms with Gasteiger partial charge in [0.1, 0.15) is 12.3 Å². The number of amides is 3. The highest BCUT2D eigenvalue weighted by Gasteiger charge is 2.30. The summed E-state index contributed by atoms with van der Waals surface area (Å²) in [4.78, 5) is 35.6. The van der Waals surface area contributed by atoms with Gasteiger partial charge in [-0.3, -0.25) is 19.3 Å². The van der Waals surface area contributed by atoms with Gasteiger partial charge < -0.3 is 10.1 Å². The molecule has 0 radical (unpaired) electrons. The maximum atomic E-state index is 11.7. The zero-order valence-corrected chi connectivity index (χ0v) is 11.9. The van der Waals surface area contributed by atoms with Gasteiger partial charge in [0, 0.05) is 19.4 Å². The van der Waals surface area contributed by atoms with Gasteiger partial charge in [0.2, 0.25) is 17.7 Å². The van der Waals surface area contributed by atoms with Crippen LogP contribution in [0.1, 0.15) is 18.4 Å². The predicted octanol–water partition coefficient (Wildman–Crippen LogP) is 0.503. The van der Waals surface area contributed by atoms with Crippen molar-refractivity contribution in [3.05, 3.63) is 29.8 Å². The van der Waals surface area contributed by atoms with E-state index in [0.29, 0.717) is 13.0 Å². The van der Waals surface area contributed by atoms with Crippen LogP contribution in [-0.2, 0) is 20.8 Å². The second kappa shape index (κ2) is 6.88. The van der Waals surface area contributed by atoms with Crippen molar-refractivity contribution < 1.29 is 19.1 Å². The highest BCUT2D eigenvalue weighted by atomic mass is 16.5. The minimum atomic E-state index is -0.325. The first-order valence-corrected chi connectivity index (χ1v) is 6.83. The molecule has 0 atom stereocenters. The quantitative estimate of drug-likeness (QED) is 0.774. The Morgan fingerprint density at radius 3 is 2.57 bits per heavy atom. The summed E-state index contributed by atoms with van der Waals surface area (Å²) in [6, 6.07) is 7.57. The molecule has 6 heteroatoms. The number of ether oxygens (including phenoxy) is 1. The van der Waals surface area contributed by atoms with Crippen LogP contribution < -0.4 is 10.1 Å². The molecule has 0 aromatic heterocycles. The van der Waals surface area contributed by atoms with E-state index in [-0.39, 0.29) is 37.1 Å². The summed E-state index contributed by atoms with van der Waals surface area (Å²) in [5.74, 6) is -0.107. The Balaban J connectivity index is 1.79. The van der Waals surface area contributed by atoms with E-state index in [1.54, 1.807) is 7.11 Å². The molecule has 0 unspecified atom stereocenters. The van der Waals surface area contributed by atoms with Crippen molar-refractivity contribution in [2.75, 3.05) is 20.2 Å². The van der Waals surface area contributed by atoms with E-state index >= 15 is 0 Å². The van der Waals surface area contributed by atoms with Crippen LogP contribution in [0.2, 0.25) is 0 Å². The summed E-state index contributed by atoms with van der Waals surface area (Å²) >= 11 is 0. The summed E-state index contributed by atoms with van der Waals surface area (Å²) in [6.07, 6.45) is 1.03. The lowest BCUT2D eigenvalue weighted by Crippen LogP contribution is -2.40. The Morgan fingerprint density at radius 2 is 1.90 bits per heavy atom. The van der Waals surface area contributed by atoms with Gasteiger partial charge in [-0.2, -0.15) is 0 Å². The molecule has 0 saturated carbocycles. The number of nitrogens with one attached hydrogen (secondary N) is 1. The summed E-state index contributed by atoms with van der Waals surface area (Å²) < 4.78 is 5.23. The molecule has 6 nitrogen and oxygen atoms in total. The van der Waals surface area contributed by atoms with Gasteiger partial charge in [-0.15, -0.1) is 0 Å². The minimum Gasteiger partial charge on any atom is -0.496 e. The second-order valence-electron chi connectivity index (χ2n) is 4.79. The standard InChI is InChI=1S/C15H18N2O4/c1-21-12-5-3-2-4-11(12)8-9-16-13(18)10-17-14(19)6-7-15(17)20/h2-5H,6-10H2,1H3,(H,16,18). The van der Waals surface area contributed by atoms with Crippen LogP contribution in [0.5, 0.6) is 5.75 Å². The topological polar surface area (TPSA) is 75.7 Å². The molecule has 1 saturated heterocycles. The zero-order valence-electron chi connectivity index (χ0n) is 11.9. The van der Waals surface area contributed by atoms with Crippen molar-refractivity contribution in [3.63, 3.8) is 0 Å². The van der Waals surface area contributed by atoms with Crippen LogP contribution in [0.15, 0.2) is 24.3 Å². The molecule has 21 heavy (non-hydrogen) atoms. The molecule has 112 valence electrons. The van der Waals surface area contributed by atoms with Crippen LogP contribution in [-0.4, -0.2) is 42.8 Å². The maximum absolute atomic E-state index is 11.7. The normalized spacial score (nSPS) is 14.4. The Kier molecular flexibility index (Phi) is 4.92. The van der Waals surface area contributed by atoms with Crippen molar-refractivity contribution in [1.82, 2.24) is 10.2 Å². The smallest absolute Gasteiger partial charge is 0.240 e. The number of methoxy groups -OCH3 is 1. The number of carbonyl (C=O) groups is 3. The summed E-state index contributed by atoms with van der Waals surface area (Å²) in [5.41, 5.74) is 0.994. The molecule has 0 bridgehead atoms. The van der Waals surface area contributed by atoms with Crippen molar-refractivity contribution >= 4 is 17.7 Å². The van der Waals surface area contributed by atoms with E-state index < -0.39 is 0 Å². The largest absolute Gasteiger partial charge is 0.496 e. The molecule has 1 heterocycles. The average Bonchev–Trinajstić information content (AvgIpc) is 2.79. The van der Waals surface area contributed by atoms with Crippen LogP contribution in [0.3, 0.4) is 0 Å². The van der Waals surface area contributed by atoms with Crippen molar-refractivity contribution in [3.8, 4) is 5.75 Å². The molecular formula is C15H18N2O4. The number of benzene rings is 1. The molecule has 1 aromatic carbocycles. The summed E-state index contributed by atoms with van der Waals surface area (Å²) in [5, 5.41) is 2.71. The Hall–Kier alpha value is -2.37. The van der Waals surface area contributed by atoms with E-state index in [4.69, 9.17) is 4.74 Å². The number of hydrogen-bond acceptors (Lipinski definition) is 4. The fourth-order valence-corrected chi connectivity index (χ4v) is 2.24. The molecule has 1 N–H and O–H groups in total. The number of nitrogens with zero attached hydrogens (tertiary/aromatic N) is 1. The number of carbonyl (C=O) groups excluding carboxylic acids is 3.